The maximum Gasteiger partial charge on any atom is 0.312 e. The molecule has 0 saturated carbocycles. The quantitative estimate of drug-likeness (QED) is 0.815. The Morgan fingerprint density at radius 2 is 2.00 bits per heavy atom. The molecule has 3 rings (SSSR count). The van der Waals surface area contributed by atoms with Crippen molar-refractivity contribution in [1.82, 2.24) is 4.90 Å². The molecule has 1 saturated heterocycles. The van der Waals surface area contributed by atoms with Gasteiger partial charge in [-0.1, -0.05) is 42.5 Å². The normalized spacial score (nSPS) is 23.1. The summed E-state index contributed by atoms with van der Waals surface area (Å²) in [5.74, 6) is -1.23. The fourth-order valence-electron chi connectivity index (χ4n) is 3.82. The summed E-state index contributed by atoms with van der Waals surface area (Å²) in [6.45, 7) is 1.09. The molecule has 5 nitrogen and oxygen atoms in total. The summed E-state index contributed by atoms with van der Waals surface area (Å²) >= 11 is 0. The molecule has 2 atom stereocenters. The summed E-state index contributed by atoms with van der Waals surface area (Å²) in [4.78, 5) is 14.0. The molecule has 2 aromatic carbocycles. The number of carboxylic acids is 1. The van der Waals surface area contributed by atoms with Crippen LogP contribution in [0.2, 0.25) is 0 Å². The van der Waals surface area contributed by atoms with Gasteiger partial charge in [-0.2, -0.15) is 0 Å². The maximum absolute atomic E-state index is 13.9. The number of piperidine rings is 1. The third-order valence-electron chi connectivity index (χ3n) is 5.38. The second kappa shape index (κ2) is 8.06. The zero-order valence-corrected chi connectivity index (χ0v) is 15.3. The molecule has 1 fully saturated rings. The van der Waals surface area contributed by atoms with Crippen LogP contribution in [0.4, 0.5) is 4.39 Å². The van der Waals surface area contributed by atoms with Crippen molar-refractivity contribution < 1.29 is 24.1 Å². The summed E-state index contributed by atoms with van der Waals surface area (Å²) in [6, 6.07) is 14.1. The first-order valence-corrected chi connectivity index (χ1v) is 8.95. The van der Waals surface area contributed by atoms with Crippen molar-refractivity contribution >= 4 is 5.97 Å². The molecule has 144 valence electrons. The topological polar surface area (TPSA) is 70.0 Å². The predicted octanol–water partition coefficient (Wildman–Crippen LogP) is 2.71. The van der Waals surface area contributed by atoms with E-state index in [0.717, 1.165) is 5.56 Å². The van der Waals surface area contributed by atoms with Gasteiger partial charge in [0.25, 0.3) is 0 Å². The van der Waals surface area contributed by atoms with E-state index >= 15 is 0 Å². The van der Waals surface area contributed by atoms with Gasteiger partial charge in [-0.3, -0.25) is 9.69 Å². The van der Waals surface area contributed by atoms with Crippen LogP contribution in [0.3, 0.4) is 0 Å². The largest absolute Gasteiger partial charge is 0.493 e. The molecule has 0 spiro atoms. The zero-order chi connectivity index (χ0) is 19.4. The van der Waals surface area contributed by atoms with Crippen molar-refractivity contribution in [2.75, 3.05) is 20.2 Å². The minimum atomic E-state index is -1.22. The lowest BCUT2D eigenvalue weighted by Gasteiger charge is -2.43. The van der Waals surface area contributed by atoms with Crippen LogP contribution in [-0.4, -0.2) is 47.4 Å². The maximum atomic E-state index is 13.9. The Labute approximate surface area is 158 Å². The van der Waals surface area contributed by atoms with Crippen LogP contribution in [0, 0.1) is 11.2 Å². The van der Waals surface area contributed by atoms with E-state index in [1.54, 1.807) is 12.1 Å². The highest BCUT2D eigenvalue weighted by molar-refractivity contribution is 5.76. The summed E-state index contributed by atoms with van der Waals surface area (Å²) in [6.07, 6.45) is -0.430. The lowest BCUT2D eigenvalue weighted by atomic mass is 9.71. The molecular weight excluding hydrogens is 349 g/mol. The van der Waals surface area contributed by atoms with Crippen molar-refractivity contribution in [2.24, 2.45) is 5.41 Å². The van der Waals surface area contributed by atoms with Crippen LogP contribution in [0.5, 0.6) is 5.75 Å². The lowest BCUT2D eigenvalue weighted by Crippen LogP contribution is -2.55. The Hall–Kier alpha value is -2.44. The SMILES string of the molecule is COc1c(F)cccc1CN1CC[C@](Cc2ccccc2)(C(=O)O)[C@@H](O)C1. The van der Waals surface area contributed by atoms with Crippen LogP contribution < -0.4 is 4.74 Å². The van der Waals surface area contributed by atoms with Gasteiger partial charge in [-0.25, -0.2) is 4.39 Å². The Balaban J connectivity index is 1.76. The molecule has 0 aromatic heterocycles. The monoisotopic (exact) mass is 373 g/mol. The van der Waals surface area contributed by atoms with Gasteiger partial charge in [0.1, 0.15) is 5.41 Å². The van der Waals surface area contributed by atoms with Crippen molar-refractivity contribution in [3.63, 3.8) is 0 Å². The number of hydrogen-bond donors (Lipinski definition) is 2. The third kappa shape index (κ3) is 3.96. The van der Waals surface area contributed by atoms with Crippen LogP contribution in [-0.2, 0) is 17.8 Å². The number of carbonyl (C=O) groups is 1. The van der Waals surface area contributed by atoms with E-state index in [2.05, 4.69) is 0 Å². The molecule has 0 radical (unpaired) electrons. The molecular formula is C21H24FNO4. The molecule has 0 amide bonds. The number of aliphatic hydroxyl groups is 1. The summed E-state index contributed by atoms with van der Waals surface area (Å²) in [5, 5.41) is 20.6. The minimum absolute atomic E-state index is 0.186. The average molecular weight is 373 g/mol. The van der Waals surface area contributed by atoms with Crippen molar-refractivity contribution in [3.8, 4) is 5.75 Å². The Bertz CT molecular complexity index is 798. The van der Waals surface area contributed by atoms with Gasteiger partial charge < -0.3 is 14.9 Å². The van der Waals surface area contributed by atoms with E-state index in [-0.39, 0.29) is 18.7 Å². The number of halogens is 1. The molecule has 2 aromatic rings. The van der Waals surface area contributed by atoms with E-state index in [1.165, 1.54) is 13.2 Å². The van der Waals surface area contributed by atoms with Crippen LogP contribution in [0.15, 0.2) is 48.5 Å². The number of nitrogens with zero attached hydrogens (tertiary/aromatic N) is 1. The van der Waals surface area contributed by atoms with E-state index in [0.29, 0.717) is 25.1 Å². The number of aliphatic hydroxyl groups excluding tert-OH is 1. The summed E-state index contributed by atoms with van der Waals surface area (Å²) in [7, 11) is 1.42. The molecule has 0 aliphatic carbocycles. The smallest absolute Gasteiger partial charge is 0.312 e. The number of likely N-dealkylation sites (tertiary alicyclic amines) is 1. The highest BCUT2D eigenvalue weighted by Gasteiger charge is 2.48. The molecule has 1 aliphatic rings. The highest BCUT2D eigenvalue weighted by Crippen LogP contribution is 2.37. The molecule has 0 bridgehead atoms. The van der Waals surface area contributed by atoms with E-state index < -0.39 is 23.3 Å². The fourth-order valence-corrected chi connectivity index (χ4v) is 3.82. The third-order valence-corrected chi connectivity index (χ3v) is 5.38. The number of rotatable bonds is 6. The molecule has 0 unspecified atom stereocenters. The van der Waals surface area contributed by atoms with Crippen LogP contribution in [0.25, 0.3) is 0 Å². The van der Waals surface area contributed by atoms with E-state index in [1.807, 2.05) is 35.2 Å². The minimum Gasteiger partial charge on any atom is -0.493 e. The first kappa shape index (κ1) is 19.3. The second-order valence-electron chi connectivity index (χ2n) is 7.06. The van der Waals surface area contributed by atoms with Gasteiger partial charge in [0.2, 0.25) is 0 Å². The van der Waals surface area contributed by atoms with Gasteiger partial charge in [-0.05, 0) is 31.0 Å². The lowest BCUT2D eigenvalue weighted by molar-refractivity contribution is -0.163. The zero-order valence-electron chi connectivity index (χ0n) is 15.3. The average Bonchev–Trinajstić information content (AvgIpc) is 2.65. The number of aliphatic carboxylic acids is 1. The number of carboxylic acid groups (broad SMARTS) is 1. The number of β-amino-alcohol motifs (C(OH)–C–C–N with tert-alkyl or cyclic N) is 1. The summed E-state index contributed by atoms with van der Waals surface area (Å²) in [5.41, 5.74) is 0.346. The van der Waals surface area contributed by atoms with Crippen molar-refractivity contribution in [3.05, 3.63) is 65.5 Å². The van der Waals surface area contributed by atoms with E-state index in [4.69, 9.17) is 4.74 Å². The number of methoxy groups -OCH3 is 1. The van der Waals surface area contributed by atoms with Gasteiger partial charge in [0.15, 0.2) is 11.6 Å². The standard InChI is InChI=1S/C21H24FNO4/c1-27-19-16(8-5-9-17(19)22)13-23-11-10-21(20(25)26,18(24)14-23)12-15-6-3-2-4-7-15/h2-9,18,24H,10-14H2,1H3,(H,25,26)/t18-,21+/m0/s1. The first-order valence-electron chi connectivity index (χ1n) is 8.95. The second-order valence-corrected chi connectivity index (χ2v) is 7.06. The molecule has 1 aliphatic heterocycles. The van der Waals surface area contributed by atoms with Crippen molar-refractivity contribution in [2.45, 2.75) is 25.5 Å². The van der Waals surface area contributed by atoms with E-state index in [9.17, 15) is 19.4 Å². The fraction of sp³-hybridized carbons (Fsp3) is 0.381. The molecule has 1 heterocycles. The number of benzene rings is 2. The predicted molar refractivity (Wildman–Crippen MR) is 99.1 cm³/mol. The molecule has 2 N–H and O–H groups in total. The summed E-state index contributed by atoms with van der Waals surface area (Å²) < 4.78 is 19.0. The Morgan fingerprint density at radius 3 is 2.63 bits per heavy atom. The van der Waals surface area contributed by atoms with Gasteiger partial charge in [0.05, 0.1) is 13.2 Å². The Morgan fingerprint density at radius 1 is 1.26 bits per heavy atom. The highest BCUT2D eigenvalue weighted by atomic mass is 19.1. The number of ether oxygens (including phenoxy) is 1. The molecule has 27 heavy (non-hydrogen) atoms. The first-order chi connectivity index (χ1) is 13.0. The number of hydrogen-bond acceptors (Lipinski definition) is 4. The van der Waals surface area contributed by atoms with Gasteiger partial charge in [-0.15, -0.1) is 0 Å². The van der Waals surface area contributed by atoms with Crippen LogP contribution >= 0.6 is 0 Å². The van der Waals surface area contributed by atoms with Gasteiger partial charge >= 0.3 is 5.97 Å². The molecule has 6 heteroatoms. The van der Waals surface area contributed by atoms with Crippen LogP contribution in [0.1, 0.15) is 17.5 Å². The number of para-hydroxylation sites is 1. The Kier molecular flexibility index (Phi) is 5.77. The van der Waals surface area contributed by atoms with Crippen molar-refractivity contribution in [1.29, 1.82) is 0 Å². The van der Waals surface area contributed by atoms with Gasteiger partial charge in [0, 0.05) is 18.7 Å².